The van der Waals surface area contributed by atoms with E-state index in [4.69, 9.17) is 10.5 Å². The molecule has 2 rings (SSSR count). The first-order valence-corrected chi connectivity index (χ1v) is 4.72. The molecular formula is C11H9F2N3O. The van der Waals surface area contributed by atoms with Crippen molar-refractivity contribution in [1.29, 1.82) is 0 Å². The Labute approximate surface area is 96.1 Å². The molecule has 0 atom stereocenters. The van der Waals surface area contributed by atoms with Gasteiger partial charge in [0.25, 0.3) is 0 Å². The predicted molar refractivity (Wildman–Crippen MR) is 58.3 cm³/mol. The second-order valence-electron chi connectivity index (χ2n) is 3.30. The third kappa shape index (κ3) is 2.15. The summed E-state index contributed by atoms with van der Waals surface area (Å²) in [6, 6.07) is 2.31. The minimum Gasteiger partial charge on any atom is -0.494 e. The Kier molecular flexibility index (Phi) is 2.86. The number of nitrogens with two attached hydrogens (primary N) is 1. The zero-order valence-corrected chi connectivity index (χ0v) is 8.95. The minimum absolute atomic E-state index is 0.135. The van der Waals surface area contributed by atoms with E-state index in [2.05, 4.69) is 9.97 Å². The normalized spacial score (nSPS) is 10.3. The lowest BCUT2D eigenvalue weighted by molar-refractivity contribution is 0.417. The summed E-state index contributed by atoms with van der Waals surface area (Å²) in [7, 11) is 1.40. The van der Waals surface area contributed by atoms with Crippen LogP contribution in [0.15, 0.2) is 24.5 Å². The van der Waals surface area contributed by atoms with Crippen molar-refractivity contribution in [2.45, 2.75) is 0 Å². The minimum atomic E-state index is -0.572. The molecule has 0 fully saturated rings. The molecule has 0 bridgehead atoms. The van der Waals surface area contributed by atoms with E-state index in [-0.39, 0.29) is 22.8 Å². The Balaban J connectivity index is 2.61. The Bertz CT molecular complexity index is 543. The van der Waals surface area contributed by atoms with Gasteiger partial charge in [0, 0.05) is 6.07 Å². The molecule has 0 aliphatic carbocycles. The van der Waals surface area contributed by atoms with Crippen LogP contribution in [0, 0.1) is 11.6 Å². The van der Waals surface area contributed by atoms with E-state index in [9.17, 15) is 8.78 Å². The van der Waals surface area contributed by atoms with Crippen molar-refractivity contribution in [1.82, 2.24) is 9.97 Å². The van der Waals surface area contributed by atoms with Crippen LogP contribution in [-0.4, -0.2) is 17.1 Å². The molecule has 0 aliphatic rings. The van der Waals surface area contributed by atoms with Gasteiger partial charge < -0.3 is 10.5 Å². The van der Waals surface area contributed by atoms with Gasteiger partial charge in [-0.2, -0.15) is 0 Å². The van der Waals surface area contributed by atoms with Crippen LogP contribution in [0.5, 0.6) is 5.75 Å². The topological polar surface area (TPSA) is 61.0 Å². The second-order valence-corrected chi connectivity index (χ2v) is 3.30. The van der Waals surface area contributed by atoms with Crippen LogP contribution in [0.25, 0.3) is 11.4 Å². The Morgan fingerprint density at radius 1 is 1.12 bits per heavy atom. The first-order valence-electron chi connectivity index (χ1n) is 4.72. The van der Waals surface area contributed by atoms with E-state index in [1.807, 2.05) is 0 Å². The molecule has 6 heteroatoms. The number of aromatic nitrogens is 2. The standard InChI is InChI=1S/C11H9F2N3O/c1-17-10-8(2-6(12)3-9(10)14)11-15-4-7(13)5-16-11/h2-5H,14H2,1H3. The molecule has 88 valence electrons. The Hall–Kier alpha value is -2.24. The number of hydrogen-bond donors (Lipinski definition) is 1. The number of anilines is 1. The van der Waals surface area contributed by atoms with Gasteiger partial charge in [0.05, 0.1) is 30.8 Å². The summed E-state index contributed by atoms with van der Waals surface area (Å²) in [5.41, 5.74) is 6.02. The molecular weight excluding hydrogens is 228 g/mol. The molecule has 0 radical (unpaired) electrons. The van der Waals surface area contributed by atoms with Gasteiger partial charge in [0.1, 0.15) is 5.82 Å². The molecule has 0 unspecified atom stereocenters. The molecule has 0 spiro atoms. The highest BCUT2D eigenvalue weighted by molar-refractivity contribution is 5.73. The Morgan fingerprint density at radius 3 is 2.35 bits per heavy atom. The average molecular weight is 237 g/mol. The highest BCUT2D eigenvalue weighted by Crippen LogP contribution is 2.33. The number of benzene rings is 1. The van der Waals surface area contributed by atoms with E-state index >= 15 is 0 Å². The smallest absolute Gasteiger partial charge is 0.163 e. The van der Waals surface area contributed by atoms with E-state index in [1.54, 1.807) is 0 Å². The maximum absolute atomic E-state index is 13.2. The number of methoxy groups -OCH3 is 1. The van der Waals surface area contributed by atoms with Gasteiger partial charge >= 0.3 is 0 Å². The lowest BCUT2D eigenvalue weighted by Crippen LogP contribution is -1.99. The highest BCUT2D eigenvalue weighted by Gasteiger charge is 2.13. The molecule has 1 aromatic carbocycles. The zero-order valence-electron chi connectivity index (χ0n) is 8.95. The van der Waals surface area contributed by atoms with Crippen molar-refractivity contribution in [3.63, 3.8) is 0 Å². The van der Waals surface area contributed by atoms with Crippen molar-refractivity contribution in [3.05, 3.63) is 36.2 Å². The van der Waals surface area contributed by atoms with Crippen LogP contribution < -0.4 is 10.5 Å². The molecule has 1 heterocycles. The molecule has 0 saturated heterocycles. The van der Waals surface area contributed by atoms with Gasteiger partial charge in [-0.05, 0) is 6.07 Å². The average Bonchev–Trinajstić information content (AvgIpc) is 2.29. The number of nitrogens with zero attached hydrogens (tertiary/aromatic N) is 2. The van der Waals surface area contributed by atoms with Crippen LogP contribution in [0.4, 0.5) is 14.5 Å². The van der Waals surface area contributed by atoms with Crippen molar-refractivity contribution in [3.8, 4) is 17.1 Å². The van der Waals surface area contributed by atoms with Crippen molar-refractivity contribution in [2.24, 2.45) is 0 Å². The molecule has 0 saturated carbocycles. The molecule has 2 aromatic rings. The summed E-state index contributed by atoms with van der Waals surface area (Å²) in [6.07, 6.45) is 1.98. The number of ether oxygens (including phenoxy) is 1. The predicted octanol–water partition coefficient (Wildman–Crippen LogP) is 2.01. The van der Waals surface area contributed by atoms with E-state index in [0.717, 1.165) is 18.5 Å². The summed E-state index contributed by atoms with van der Waals surface area (Å²) in [5.74, 6) is -0.698. The molecule has 1 aromatic heterocycles. The second kappa shape index (κ2) is 4.32. The molecule has 17 heavy (non-hydrogen) atoms. The van der Waals surface area contributed by atoms with Crippen molar-refractivity contribution < 1.29 is 13.5 Å². The number of halogens is 2. The Morgan fingerprint density at radius 2 is 1.76 bits per heavy atom. The first-order chi connectivity index (χ1) is 8.11. The lowest BCUT2D eigenvalue weighted by Gasteiger charge is -2.10. The summed E-state index contributed by atoms with van der Waals surface area (Å²) in [4.78, 5) is 7.50. The summed E-state index contributed by atoms with van der Waals surface area (Å²) < 4.78 is 31.0. The third-order valence-electron chi connectivity index (χ3n) is 2.15. The van der Waals surface area contributed by atoms with E-state index < -0.39 is 11.6 Å². The van der Waals surface area contributed by atoms with Crippen molar-refractivity contribution >= 4 is 5.69 Å². The fourth-order valence-electron chi connectivity index (χ4n) is 1.46. The third-order valence-corrected chi connectivity index (χ3v) is 2.15. The molecule has 0 aliphatic heterocycles. The van der Waals surface area contributed by atoms with E-state index in [1.165, 1.54) is 13.2 Å². The van der Waals surface area contributed by atoms with Crippen LogP contribution in [0.3, 0.4) is 0 Å². The lowest BCUT2D eigenvalue weighted by atomic mass is 10.1. The monoisotopic (exact) mass is 237 g/mol. The molecule has 0 amide bonds. The number of hydrogen-bond acceptors (Lipinski definition) is 4. The van der Waals surface area contributed by atoms with Gasteiger partial charge in [-0.15, -0.1) is 0 Å². The van der Waals surface area contributed by atoms with Crippen LogP contribution in [-0.2, 0) is 0 Å². The van der Waals surface area contributed by atoms with Gasteiger partial charge in [-0.25, -0.2) is 18.7 Å². The zero-order chi connectivity index (χ0) is 12.4. The van der Waals surface area contributed by atoms with Gasteiger partial charge in [-0.1, -0.05) is 0 Å². The van der Waals surface area contributed by atoms with E-state index in [0.29, 0.717) is 0 Å². The molecule has 2 N–H and O–H groups in total. The van der Waals surface area contributed by atoms with Crippen LogP contribution in [0.2, 0.25) is 0 Å². The summed E-state index contributed by atoms with van der Waals surface area (Å²) in [5, 5.41) is 0. The van der Waals surface area contributed by atoms with Gasteiger partial charge in [0.15, 0.2) is 17.4 Å². The van der Waals surface area contributed by atoms with Gasteiger partial charge in [0.2, 0.25) is 0 Å². The quantitative estimate of drug-likeness (QED) is 0.811. The molecule has 4 nitrogen and oxygen atoms in total. The SMILES string of the molecule is COc1c(N)cc(F)cc1-c1ncc(F)cn1. The highest BCUT2D eigenvalue weighted by atomic mass is 19.1. The maximum Gasteiger partial charge on any atom is 0.163 e. The van der Waals surface area contributed by atoms with Crippen LogP contribution in [0.1, 0.15) is 0 Å². The maximum atomic E-state index is 13.2. The summed E-state index contributed by atoms with van der Waals surface area (Å²) >= 11 is 0. The largest absolute Gasteiger partial charge is 0.494 e. The summed E-state index contributed by atoms with van der Waals surface area (Å²) in [6.45, 7) is 0. The number of nitrogen functional groups attached to an aromatic ring is 1. The fourth-order valence-corrected chi connectivity index (χ4v) is 1.46. The fraction of sp³-hybridized carbons (Fsp3) is 0.0909. The van der Waals surface area contributed by atoms with Crippen LogP contribution >= 0.6 is 0 Å². The van der Waals surface area contributed by atoms with Crippen molar-refractivity contribution in [2.75, 3.05) is 12.8 Å². The first kappa shape index (κ1) is 11.3. The van der Waals surface area contributed by atoms with Gasteiger partial charge in [-0.3, -0.25) is 0 Å². The number of rotatable bonds is 2.